The summed E-state index contributed by atoms with van der Waals surface area (Å²) in [6.45, 7) is 2.13. The Morgan fingerprint density at radius 3 is 2.78 bits per heavy atom. The first kappa shape index (κ1) is 13.9. The molecule has 18 heavy (non-hydrogen) atoms. The third-order valence-electron chi connectivity index (χ3n) is 2.74. The number of benzene rings is 1. The molecule has 0 fully saturated rings. The van der Waals surface area contributed by atoms with Crippen LogP contribution in [0.3, 0.4) is 0 Å². The van der Waals surface area contributed by atoms with Crippen LogP contribution in [-0.4, -0.2) is 6.04 Å². The van der Waals surface area contributed by atoms with Crippen molar-refractivity contribution in [2.24, 2.45) is 5.73 Å². The summed E-state index contributed by atoms with van der Waals surface area (Å²) >= 11 is 9.58. The maximum atomic E-state index is 6.25. The van der Waals surface area contributed by atoms with Gasteiger partial charge < -0.3 is 5.73 Å². The van der Waals surface area contributed by atoms with Crippen molar-refractivity contribution in [3.8, 4) is 0 Å². The van der Waals surface area contributed by atoms with Gasteiger partial charge >= 0.3 is 0 Å². The van der Waals surface area contributed by atoms with Crippen LogP contribution in [0.15, 0.2) is 46.7 Å². The van der Waals surface area contributed by atoms with E-state index in [-0.39, 0.29) is 6.04 Å². The number of thioether (sulfide) groups is 1. The second-order valence-corrected chi connectivity index (χ2v) is 6.71. The minimum atomic E-state index is 0.160. The van der Waals surface area contributed by atoms with Crippen LogP contribution < -0.4 is 5.73 Å². The van der Waals surface area contributed by atoms with Gasteiger partial charge in [-0.2, -0.15) is 0 Å². The van der Waals surface area contributed by atoms with Crippen LogP contribution in [0.4, 0.5) is 0 Å². The van der Waals surface area contributed by atoms with Gasteiger partial charge in [-0.3, -0.25) is 0 Å². The second kappa shape index (κ2) is 6.62. The Hall–Kier alpha value is -0.480. The van der Waals surface area contributed by atoms with Crippen LogP contribution in [0, 0.1) is 0 Å². The summed E-state index contributed by atoms with van der Waals surface area (Å²) in [5, 5.41) is 3.17. The number of hydrogen-bond donors (Lipinski definition) is 1. The van der Waals surface area contributed by atoms with Crippen LogP contribution in [0.1, 0.15) is 23.5 Å². The Balaban J connectivity index is 2.20. The molecule has 1 aromatic carbocycles. The van der Waals surface area contributed by atoms with E-state index in [4.69, 9.17) is 17.3 Å². The molecule has 0 amide bonds. The zero-order valence-corrected chi connectivity index (χ0v) is 12.6. The highest BCUT2D eigenvalue weighted by molar-refractivity contribution is 7.99. The number of hydrogen-bond acceptors (Lipinski definition) is 3. The third-order valence-corrected chi connectivity index (χ3v) is 5.47. The third kappa shape index (κ3) is 3.51. The summed E-state index contributed by atoms with van der Waals surface area (Å²) in [5.41, 5.74) is 6.25. The molecule has 2 unspecified atom stereocenters. The summed E-state index contributed by atoms with van der Waals surface area (Å²) in [5.74, 6) is 0. The summed E-state index contributed by atoms with van der Waals surface area (Å²) in [7, 11) is 0. The van der Waals surface area contributed by atoms with E-state index in [0.29, 0.717) is 5.25 Å². The Bertz CT molecular complexity index is 484. The average Bonchev–Trinajstić information content (AvgIpc) is 2.89. The van der Waals surface area contributed by atoms with Crippen molar-refractivity contribution in [3.05, 3.63) is 51.7 Å². The molecule has 0 spiro atoms. The highest BCUT2D eigenvalue weighted by Crippen LogP contribution is 2.40. The Morgan fingerprint density at radius 2 is 2.17 bits per heavy atom. The fraction of sp³-hybridized carbons (Fsp3) is 0.286. The number of nitrogens with two attached hydrogens (primary N) is 1. The van der Waals surface area contributed by atoms with Gasteiger partial charge in [0.2, 0.25) is 0 Å². The molecule has 0 radical (unpaired) electrons. The van der Waals surface area contributed by atoms with Gasteiger partial charge in [0.05, 0.1) is 5.25 Å². The molecule has 0 bridgehead atoms. The van der Waals surface area contributed by atoms with Crippen molar-refractivity contribution in [3.63, 3.8) is 0 Å². The predicted molar refractivity (Wildman–Crippen MR) is 82.6 cm³/mol. The monoisotopic (exact) mass is 297 g/mol. The Morgan fingerprint density at radius 1 is 1.33 bits per heavy atom. The van der Waals surface area contributed by atoms with Gasteiger partial charge in [0, 0.05) is 20.8 Å². The fourth-order valence-electron chi connectivity index (χ4n) is 1.71. The Kier molecular flexibility index (Phi) is 5.13. The molecule has 2 rings (SSSR count). The number of thiophene rings is 1. The van der Waals surface area contributed by atoms with Gasteiger partial charge in [-0.15, -0.1) is 23.1 Å². The SMILES string of the molecule is CCC(N)C(Sc1cccc(Cl)c1)c1cccs1. The fourth-order valence-corrected chi connectivity index (χ4v) is 4.26. The lowest BCUT2D eigenvalue weighted by atomic mass is 10.1. The first-order valence-corrected chi connectivity index (χ1v) is 8.05. The molecule has 0 aliphatic carbocycles. The maximum Gasteiger partial charge on any atom is 0.0589 e. The second-order valence-electron chi connectivity index (χ2n) is 4.08. The van der Waals surface area contributed by atoms with Crippen LogP contribution >= 0.6 is 34.7 Å². The van der Waals surface area contributed by atoms with Crippen molar-refractivity contribution in [2.45, 2.75) is 29.5 Å². The van der Waals surface area contributed by atoms with Crippen molar-refractivity contribution in [1.82, 2.24) is 0 Å². The van der Waals surface area contributed by atoms with Gasteiger partial charge in [-0.25, -0.2) is 0 Å². The van der Waals surface area contributed by atoms with Crippen LogP contribution in [0.25, 0.3) is 0 Å². The maximum absolute atomic E-state index is 6.25. The quantitative estimate of drug-likeness (QED) is 0.788. The molecule has 2 aromatic rings. The molecule has 0 aliphatic rings. The highest BCUT2D eigenvalue weighted by Gasteiger charge is 2.20. The van der Waals surface area contributed by atoms with E-state index in [0.717, 1.165) is 11.4 Å². The topological polar surface area (TPSA) is 26.0 Å². The van der Waals surface area contributed by atoms with Gasteiger partial charge in [-0.05, 0) is 36.1 Å². The van der Waals surface area contributed by atoms with E-state index < -0.39 is 0 Å². The molecule has 0 saturated heterocycles. The zero-order valence-electron chi connectivity index (χ0n) is 10.2. The standard InChI is InChI=1S/C14H16ClNS2/c1-2-12(16)14(13-7-4-8-17-13)18-11-6-3-5-10(15)9-11/h3-9,12,14H,2,16H2,1H3. The lowest BCUT2D eigenvalue weighted by Crippen LogP contribution is -2.25. The van der Waals surface area contributed by atoms with Crippen LogP contribution in [0.2, 0.25) is 5.02 Å². The molecule has 2 atom stereocenters. The molecule has 1 heterocycles. The van der Waals surface area contributed by atoms with Gasteiger partial charge in [0.1, 0.15) is 0 Å². The molecule has 0 saturated carbocycles. The summed E-state index contributed by atoms with van der Waals surface area (Å²) in [4.78, 5) is 2.50. The van der Waals surface area contributed by atoms with Crippen molar-refractivity contribution < 1.29 is 0 Å². The normalized spacial score (nSPS) is 14.4. The van der Waals surface area contributed by atoms with E-state index in [1.807, 2.05) is 18.2 Å². The smallest absolute Gasteiger partial charge is 0.0589 e. The predicted octanol–water partition coefficient (Wildman–Crippen LogP) is 4.97. The minimum absolute atomic E-state index is 0.160. The molecule has 1 aromatic heterocycles. The van der Waals surface area contributed by atoms with Gasteiger partial charge in [-0.1, -0.05) is 30.7 Å². The van der Waals surface area contributed by atoms with Crippen molar-refractivity contribution >= 4 is 34.7 Å². The molecule has 2 N–H and O–H groups in total. The lowest BCUT2D eigenvalue weighted by Gasteiger charge is -2.21. The van der Waals surface area contributed by atoms with E-state index in [2.05, 4.69) is 30.5 Å². The average molecular weight is 298 g/mol. The molecular weight excluding hydrogens is 282 g/mol. The molecule has 1 nitrogen and oxygen atoms in total. The van der Waals surface area contributed by atoms with Crippen molar-refractivity contribution in [1.29, 1.82) is 0 Å². The van der Waals surface area contributed by atoms with Crippen molar-refractivity contribution in [2.75, 3.05) is 0 Å². The van der Waals surface area contributed by atoms with E-state index in [1.54, 1.807) is 23.1 Å². The zero-order chi connectivity index (χ0) is 13.0. The minimum Gasteiger partial charge on any atom is -0.326 e. The van der Waals surface area contributed by atoms with Crippen LogP contribution in [-0.2, 0) is 0 Å². The molecule has 0 aliphatic heterocycles. The number of rotatable bonds is 5. The van der Waals surface area contributed by atoms with E-state index in [1.165, 1.54) is 9.77 Å². The lowest BCUT2D eigenvalue weighted by molar-refractivity contribution is 0.640. The summed E-state index contributed by atoms with van der Waals surface area (Å²) < 4.78 is 0. The van der Waals surface area contributed by atoms with Gasteiger partial charge in [0.25, 0.3) is 0 Å². The summed E-state index contributed by atoms with van der Waals surface area (Å²) in [6.07, 6.45) is 0.968. The highest BCUT2D eigenvalue weighted by atomic mass is 35.5. The number of halogens is 1. The largest absolute Gasteiger partial charge is 0.326 e. The van der Waals surface area contributed by atoms with E-state index in [9.17, 15) is 0 Å². The summed E-state index contributed by atoms with van der Waals surface area (Å²) in [6, 6.07) is 12.3. The molecule has 4 heteroatoms. The van der Waals surface area contributed by atoms with Crippen LogP contribution in [0.5, 0.6) is 0 Å². The van der Waals surface area contributed by atoms with Gasteiger partial charge in [0.15, 0.2) is 0 Å². The molecular formula is C14H16ClNS2. The van der Waals surface area contributed by atoms with E-state index >= 15 is 0 Å². The molecule has 96 valence electrons. The first-order chi connectivity index (χ1) is 8.70. The first-order valence-electron chi connectivity index (χ1n) is 5.92. The Labute approximate surface area is 121 Å².